The van der Waals surface area contributed by atoms with Crippen molar-refractivity contribution in [2.24, 2.45) is 5.84 Å². The van der Waals surface area contributed by atoms with Gasteiger partial charge >= 0.3 is 0 Å². The van der Waals surface area contributed by atoms with Crippen molar-refractivity contribution in [2.45, 2.75) is 12.8 Å². The summed E-state index contributed by atoms with van der Waals surface area (Å²) in [5.41, 5.74) is 3.83. The van der Waals surface area contributed by atoms with Gasteiger partial charge < -0.3 is 26.1 Å². The molecule has 0 saturated carbocycles. The van der Waals surface area contributed by atoms with Crippen LogP contribution >= 0.6 is 0 Å². The van der Waals surface area contributed by atoms with Crippen molar-refractivity contribution in [3.63, 3.8) is 0 Å². The number of aromatic nitrogens is 1. The van der Waals surface area contributed by atoms with Crippen LogP contribution in [-0.2, 0) is 16.1 Å². The van der Waals surface area contributed by atoms with Crippen LogP contribution in [0.25, 0.3) is 5.57 Å². The number of nitrogens with one attached hydrogen (secondary N) is 2. The Morgan fingerprint density at radius 1 is 1.28 bits per heavy atom. The van der Waals surface area contributed by atoms with Crippen molar-refractivity contribution in [1.82, 2.24) is 19.9 Å². The van der Waals surface area contributed by atoms with Crippen molar-refractivity contribution in [2.75, 3.05) is 38.4 Å². The number of ether oxygens (including phenoxy) is 1. The maximum absolute atomic E-state index is 12.7. The van der Waals surface area contributed by atoms with Crippen molar-refractivity contribution in [3.8, 4) is 0 Å². The second kappa shape index (κ2) is 8.87. The number of para-hydroxylation sites is 1. The van der Waals surface area contributed by atoms with Gasteiger partial charge in [0, 0.05) is 11.3 Å². The van der Waals surface area contributed by atoms with Crippen molar-refractivity contribution >= 4 is 28.6 Å². The Morgan fingerprint density at radius 2 is 2.03 bits per heavy atom. The summed E-state index contributed by atoms with van der Waals surface area (Å²) in [4.78, 5) is 26.9. The molecule has 0 fully saturated rings. The molecule has 4 rings (SSSR count). The van der Waals surface area contributed by atoms with Crippen LogP contribution in [0.5, 0.6) is 0 Å². The number of anilines is 2. The first-order valence-electron chi connectivity index (χ1n) is 10.2. The Morgan fingerprint density at radius 3 is 2.75 bits per heavy atom. The minimum Gasteiger partial charge on any atom is -0.367 e. The van der Waals surface area contributed by atoms with Gasteiger partial charge in [-0.15, -0.1) is 0 Å². The van der Waals surface area contributed by atoms with E-state index in [4.69, 9.17) is 16.4 Å². The number of carbonyl (C=O) groups excluding carboxylic acids is 2. The van der Waals surface area contributed by atoms with E-state index in [-0.39, 0.29) is 31.4 Å². The maximum Gasteiger partial charge on any atom is 0.252 e. The fourth-order valence-corrected chi connectivity index (χ4v) is 3.80. The van der Waals surface area contributed by atoms with E-state index in [1.165, 1.54) is 4.68 Å². The van der Waals surface area contributed by atoms with Crippen molar-refractivity contribution in [3.05, 3.63) is 65.6 Å². The zero-order valence-corrected chi connectivity index (χ0v) is 18.0. The number of carbonyl (C=O) groups is 2. The van der Waals surface area contributed by atoms with Gasteiger partial charge in [0.05, 0.1) is 35.8 Å². The van der Waals surface area contributed by atoms with E-state index >= 15 is 0 Å². The molecule has 0 aliphatic carbocycles. The molecule has 3 heterocycles. The molecule has 1 unspecified atom stereocenters. The van der Waals surface area contributed by atoms with E-state index in [0.29, 0.717) is 28.2 Å². The topological polar surface area (TPSA) is 131 Å². The van der Waals surface area contributed by atoms with Gasteiger partial charge in [0.2, 0.25) is 0 Å². The number of nitrogens with zero attached hydrogens (tertiary/aromatic N) is 3. The Hall–Kier alpha value is -3.60. The monoisotopic (exact) mass is 437 g/mol. The number of hydrogen-bond donors (Lipinski definition) is 4. The van der Waals surface area contributed by atoms with Gasteiger partial charge in [-0.3, -0.25) is 19.3 Å². The number of dihydropyridines is 1. The van der Waals surface area contributed by atoms with Gasteiger partial charge in [-0.1, -0.05) is 18.2 Å². The molecular weight excluding hydrogens is 410 g/mol. The third-order valence-corrected chi connectivity index (χ3v) is 5.28. The van der Waals surface area contributed by atoms with E-state index in [1.54, 1.807) is 31.3 Å². The summed E-state index contributed by atoms with van der Waals surface area (Å²) in [6, 6.07) is 9.54. The number of nitrogen functional groups attached to an aromatic ring is 1. The highest BCUT2D eigenvalue weighted by Gasteiger charge is 2.32. The van der Waals surface area contributed by atoms with Crippen LogP contribution in [0.4, 0.5) is 11.4 Å². The van der Waals surface area contributed by atoms with Gasteiger partial charge in [0.15, 0.2) is 5.78 Å². The molecule has 2 aliphatic rings. The average molecular weight is 438 g/mol. The van der Waals surface area contributed by atoms with Crippen LogP contribution in [0.3, 0.4) is 0 Å². The lowest BCUT2D eigenvalue weighted by Gasteiger charge is -2.29. The number of benzene rings is 1. The Balaban J connectivity index is 1.77. The smallest absolute Gasteiger partial charge is 0.252 e. The summed E-state index contributed by atoms with van der Waals surface area (Å²) in [6.07, 6.45) is 4.76. The number of amides is 1. The van der Waals surface area contributed by atoms with Crippen LogP contribution in [-0.4, -0.2) is 59.7 Å². The third kappa shape index (κ3) is 4.11. The Kier molecular flexibility index (Phi) is 5.99. The number of ketones is 1. The van der Waals surface area contributed by atoms with Gasteiger partial charge in [-0.05, 0) is 44.6 Å². The highest BCUT2D eigenvalue weighted by atomic mass is 16.5. The lowest BCUT2D eigenvalue weighted by atomic mass is 10.0. The van der Waals surface area contributed by atoms with Crippen LogP contribution in [0.15, 0.2) is 48.7 Å². The molecular formula is C22H27N7O3. The molecule has 0 saturated heterocycles. The maximum atomic E-state index is 12.7. The molecule has 1 aromatic carbocycles. The van der Waals surface area contributed by atoms with E-state index in [0.717, 1.165) is 10.7 Å². The highest BCUT2D eigenvalue weighted by Crippen LogP contribution is 2.37. The lowest BCUT2D eigenvalue weighted by Crippen LogP contribution is -2.53. The number of Topliss-reactive ketones (excluding diaryl/α,β-unsaturated/α-hetero) is 1. The SMILES string of the molecule is CN(C)CC(=O)N(N)C1C=C(c2c(Nc3ccccc3)c3c(n2N)COCC3=O)C=CN1. The average Bonchev–Trinajstić information content (AvgIpc) is 3.06. The fraction of sp³-hybridized carbons (Fsp3) is 0.273. The zero-order chi connectivity index (χ0) is 22.8. The standard InChI is InChI=1S/C22H27N7O3/c1-27(2)11-19(31)29(24)18-10-14(8-9-25-18)22-21(26-15-6-4-3-5-7-15)20-16(28(22)23)12-32-13-17(20)30/h3-10,18,25-26H,11-13,23-24H2,1-2H3. The molecule has 1 amide bonds. The quantitative estimate of drug-likeness (QED) is 0.296. The number of allylic oxidation sites excluding steroid dienone is 2. The molecule has 0 radical (unpaired) electrons. The van der Waals surface area contributed by atoms with E-state index in [9.17, 15) is 9.59 Å². The van der Waals surface area contributed by atoms with E-state index in [2.05, 4.69) is 10.6 Å². The summed E-state index contributed by atoms with van der Waals surface area (Å²) < 4.78 is 6.89. The number of hydrazine groups is 1. The molecule has 168 valence electrons. The summed E-state index contributed by atoms with van der Waals surface area (Å²) in [5.74, 6) is 12.1. The number of fused-ring (bicyclic) bond motifs is 1. The minimum atomic E-state index is -0.578. The molecule has 1 aromatic heterocycles. The van der Waals surface area contributed by atoms with Crippen LogP contribution < -0.4 is 22.3 Å². The molecule has 10 heteroatoms. The summed E-state index contributed by atoms with van der Waals surface area (Å²) in [5, 5.41) is 7.57. The first kappa shape index (κ1) is 21.6. The number of nitrogens with two attached hydrogens (primary N) is 2. The fourth-order valence-electron chi connectivity index (χ4n) is 3.80. The molecule has 10 nitrogen and oxygen atoms in total. The molecule has 2 aromatic rings. The van der Waals surface area contributed by atoms with Gasteiger partial charge in [0.1, 0.15) is 12.8 Å². The third-order valence-electron chi connectivity index (χ3n) is 5.28. The molecule has 1 atom stereocenters. The largest absolute Gasteiger partial charge is 0.367 e. The highest BCUT2D eigenvalue weighted by molar-refractivity contribution is 6.07. The number of rotatable bonds is 6. The van der Waals surface area contributed by atoms with Crippen molar-refractivity contribution < 1.29 is 14.3 Å². The van der Waals surface area contributed by atoms with Gasteiger partial charge in [-0.2, -0.15) is 0 Å². The first-order chi connectivity index (χ1) is 15.4. The predicted octanol–water partition coefficient (Wildman–Crippen LogP) is 0.749. The second-order valence-corrected chi connectivity index (χ2v) is 7.93. The Labute approximate surface area is 186 Å². The molecule has 2 aliphatic heterocycles. The number of likely N-dealkylation sites (N-methyl/N-ethyl adjacent to an activating group) is 1. The summed E-state index contributed by atoms with van der Waals surface area (Å²) in [6.45, 7) is 0.397. The summed E-state index contributed by atoms with van der Waals surface area (Å²) in [7, 11) is 3.60. The zero-order valence-electron chi connectivity index (χ0n) is 18.0. The lowest BCUT2D eigenvalue weighted by molar-refractivity contribution is -0.134. The second-order valence-electron chi connectivity index (χ2n) is 7.93. The minimum absolute atomic E-state index is 0.00535. The van der Waals surface area contributed by atoms with Crippen molar-refractivity contribution in [1.29, 1.82) is 0 Å². The van der Waals surface area contributed by atoms with Crippen LogP contribution in [0.1, 0.15) is 21.7 Å². The van der Waals surface area contributed by atoms with E-state index < -0.39 is 6.17 Å². The Bertz CT molecular complexity index is 1090. The molecule has 0 bridgehead atoms. The predicted molar refractivity (Wildman–Crippen MR) is 122 cm³/mol. The first-order valence-corrected chi connectivity index (χ1v) is 10.2. The summed E-state index contributed by atoms with van der Waals surface area (Å²) >= 11 is 0. The molecule has 32 heavy (non-hydrogen) atoms. The van der Waals surface area contributed by atoms with Crippen LogP contribution in [0, 0.1) is 0 Å². The molecule has 0 spiro atoms. The van der Waals surface area contributed by atoms with Gasteiger partial charge in [-0.25, -0.2) is 5.84 Å². The number of hydrogen-bond acceptors (Lipinski definition) is 8. The van der Waals surface area contributed by atoms with E-state index in [1.807, 2.05) is 36.4 Å². The van der Waals surface area contributed by atoms with Crippen LogP contribution in [0.2, 0.25) is 0 Å². The molecule has 6 N–H and O–H groups in total. The van der Waals surface area contributed by atoms with Gasteiger partial charge in [0.25, 0.3) is 5.91 Å². The normalized spacial score (nSPS) is 17.6.